The van der Waals surface area contributed by atoms with Crippen LogP contribution in [-0.2, 0) is 6.42 Å². The second-order valence-corrected chi connectivity index (χ2v) is 6.22. The van der Waals surface area contributed by atoms with Crippen LogP contribution in [0.4, 0.5) is 0 Å². The number of halogens is 1. The number of hydrogen-bond donors (Lipinski definition) is 0. The van der Waals surface area contributed by atoms with Crippen LogP contribution in [0, 0.1) is 12.8 Å². The summed E-state index contributed by atoms with van der Waals surface area (Å²) < 4.78 is 0. The van der Waals surface area contributed by atoms with Crippen LogP contribution < -0.4 is 0 Å². The van der Waals surface area contributed by atoms with Gasteiger partial charge >= 0.3 is 0 Å². The molecule has 1 saturated carbocycles. The van der Waals surface area contributed by atoms with E-state index in [2.05, 4.69) is 47.1 Å². The third-order valence-corrected chi connectivity index (χ3v) is 4.91. The number of hydrogen-bond acceptors (Lipinski definition) is 0. The quantitative estimate of drug-likeness (QED) is 0.692. The molecule has 0 amide bonds. The maximum atomic E-state index is 3.91. The summed E-state index contributed by atoms with van der Waals surface area (Å²) >= 11 is 3.91. The Morgan fingerprint density at radius 2 is 1.88 bits per heavy atom. The molecule has 0 bridgehead atoms. The summed E-state index contributed by atoms with van der Waals surface area (Å²) in [6.07, 6.45) is 8.34. The van der Waals surface area contributed by atoms with Crippen molar-refractivity contribution < 1.29 is 0 Å². The van der Waals surface area contributed by atoms with Crippen LogP contribution >= 0.6 is 15.9 Å². The van der Waals surface area contributed by atoms with Crippen molar-refractivity contribution >= 4 is 15.9 Å². The van der Waals surface area contributed by atoms with Gasteiger partial charge in [0.1, 0.15) is 0 Å². The predicted octanol–water partition coefficient (Wildman–Crippen LogP) is 4.88. The van der Waals surface area contributed by atoms with Gasteiger partial charge in [0.15, 0.2) is 0 Å². The van der Waals surface area contributed by atoms with Crippen molar-refractivity contribution in [1.29, 1.82) is 0 Å². The average Bonchev–Trinajstić information content (AvgIpc) is 2.33. The van der Waals surface area contributed by atoms with E-state index < -0.39 is 0 Å². The van der Waals surface area contributed by atoms with Gasteiger partial charge in [-0.3, -0.25) is 0 Å². The third kappa shape index (κ3) is 3.10. The molecule has 1 aromatic carbocycles. The van der Waals surface area contributed by atoms with Crippen LogP contribution in [0.1, 0.15) is 43.2 Å². The van der Waals surface area contributed by atoms with E-state index in [1.165, 1.54) is 49.7 Å². The molecule has 88 valence electrons. The molecule has 1 aliphatic carbocycles. The van der Waals surface area contributed by atoms with Gasteiger partial charge in [-0.15, -0.1) is 0 Å². The Kier molecular flexibility index (Phi) is 4.45. The van der Waals surface area contributed by atoms with E-state index in [1.54, 1.807) is 0 Å². The standard InChI is InChI=1S/C15H21Br/c1-12-7-5-6-10-14(12)11-15(16)13-8-3-2-4-9-13/h5-7,10,13,15H,2-4,8-9,11H2,1H3. The van der Waals surface area contributed by atoms with Gasteiger partial charge < -0.3 is 0 Å². The van der Waals surface area contributed by atoms with Crippen molar-refractivity contribution in [1.82, 2.24) is 0 Å². The largest absolute Gasteiger partial charge is 0.0884 e. The summed E-state index contributed by atoms with van der Waals surface area (Å²) in [5.74, 6) is 0.897. The molecule has 1 aliphatic rings. The van der Waals surface area contributed by atoms with Crippen LogP contribution in [0.3, 0.4) is 0 Å². The molecule has 1 atom stereocenters. The minimum Gasteiger partial charge on any atom is -0.0884 e. The summed E-state index contributed by atoms with van der Waals surface area (Å²) in [4.78, 5) is 0.675. The Morgan fingerprint density at radius 3 is 2.56 bits per heavy atom. The van der Waals surface area contributed by atoms with Crippen LogP contribution in [-0.4, -0.2) is 4.83 Å². The minimum atomic E-state index is 0.675. The van der Waals surface area contributed by atoms with Crippen LogP contribution in [0.2, 0.25) is 0 Å². The molecule has 0 N–H and O–H groups in total. The molecule has 1 unspecified atom stereocenters. The van der Waals surface area contributed by atoms with Crippen LogP contribution in [0.5, 0.6) is 0 Å². The fourth-order valence-electron chi connectivity index (χ4n) is 2.71. The Balaban J connectivity index is 1.96. The van der Waals surface area contributed by atoms with Gasteiger partial charge in [0.25, 0.3) is 0 Å². The van der Waals surface area contributed by atoms with E-state index in [1.807, 2.05) is 0 Å². The molecular weight excluding hydrogens is 260 g/mol. The van der Waals surface area contributed by atoms with Crippen molar-refractivity contribution in [3.63, 3.8) is 0 Å². The highest BCUT2D eigenvalue weighted by Crippen LogP contribution is 2.32. The predicted molar refractivity (Wildman–Crippen MR) is 74.2 cm³/mol. The van der Waals surface area contributed by atoms with Crippen molar-refractivity contribution in [2.24, 2.45) is 5.92 Å². The van der Waals surface area contributed by atoms with Crippen molar-refractivity contribution in [2.45, 2.75) is 50.3 Å². The number of benzene rings is 1. The molecule has 16 heavy (non-hydrogen) atoms. The van der Waals surface area contributed by atoms with E-state index >= 15 is 0 Å². The zero-order chi connectivity index (χ0) is 11.4. The summed E-state index contributed by atoms with van der Waals surface area (Å²) in [6, 6.07) is 8.77. The summed E-state index contributed by atoms with van der Waals surface area (Å²) in [7, 11) is 0. The smallest absolute Gasteiger partial charge is 0.0214 e. The lowest BCUT2D eigenvalue weighted by molar-refractivity contribution is 0.350. The van der Waals surface area contributed by atoms with E-state index in [4.69, 9.17) is 0 Å². The van der Waals surface area contributed by atoms with E-state index in [0.717, 1.165) is 5.92 Å². The SMILES string of the molecule is Cc1ccccc1CC(Br)C1CCCCC1. The fraction of sp³-hybridized carbons (Fsp3) is 0.600. The van der Waals surface area contributed by atoms with Gasteiger partial charge in [-0.1, -0.05) is 59.5 Å². The Hall–Kier alpha value is -0.300. The average molecular weight is 281 g/mol. The first-order chi connectivity index (χ1) is 7.77. The van der Waals surface area contributed by atoms with Crippen molar-refractivity contribution in [3.05, 3.63) is 35.4 Å². The number of rotatable bonds is 3. The monoisotopic (exact) mass is 280 g/mol. The lowest BCUT2D eigenvalue weighted by Crippen LogP contribution is -2.20. The Morgan fingerprint density at radius 1 is 1.19 bits per heavy atom. The number of aryl methyl sites for hydroxylation is 1. The zero-order valence-electron chi connectivity index (χ0n) is 10.1. The van der Waals surface area contributed by atoms with Crippen LogP contribution in [0.25, 0.3) is 0 Å². The molecule has 0 saturated heterocycles. The summed E-state index contributed by atoms with van der Waals surface area (Å²) in [5.41, 5.74) is 2.94. The highest BCUT2D eigenvalue weighted by molar-refractivity contribution is 9.09. The second kappa shape index (κ2) is 5.86. The topological polar surface area (TPSA) is 0 Å². The Labute approximate surface area is 108 Å². The van der Waals surface area contributed by atoms with Crippen molar-refractivity contribution in [2.75, 3.05) is 0 Å². The molecule has 2 rings (SSSR count). The van der Waals surface area contributed by atoms with Crippen molar-refractivity contribution in [3.8, 4) is 0 Å². The summed E-state index contributed by atoms with van der Waals surface area (Å²) in [6.45, 7) is 2.22. The lowest BCUT2D eigenvalue weighted by Gasteiger charge is -2.26. The molecule has 0 aliphatic heterocycles. The Bertz CT molecular complexity index is 326. The first-order valence-corrected chi connectivity index (χ1v) is 7.37. The molecule has 0 aromatic heterocycles. The first kappa shape index (κ1) is 12.2. The molecule has 0 nitrogen and oxygen atoms in total. The minimum absolute atomic E-state index is 0.675. The van der Waals surface area contributed by atoms with Gasteiger partial charge in [0.05, 0.1) is 0 Å². The van der Waals surface area contributed by atoms with Gasteiger partial charge in [0, 0.05) is 4.83 Å². The summed E-state index contributed by atoms with van der Waals surface area (Å²) in [5, 5.41) is 0. The molecule has 0 heterocycles. The third-order valence-electron chi connectivity index (χ3n) is 3.84. The van der Waals surface area contributed by atoms with Gasteiger partial charge in [0.2, 0.25) is 0 Å². The van der Waals surface area contributed by atoms with Gasteiger partial charge in [-0.05, 0) is 43.2 Å². The highest BCUT2D eigenvalue weighted by Gasteiger charge is 2.21. The highest BCUT2D eigenvalue weighted by atomic mass is 79.9. The lowest BCUT2D eigenvalue weighted by atomic mass is 9.84. The normalized spacial score (nSPS) is 19.6. The molecule has 1 heteroatoms. The van der Waals surface area contributed by atoms with Crippen LogP contribution in [0.15, 0.2) is 24.3 Å². The molecular formula is C15H21Br. The number of alkyl halides is 1. The second-order valence-electron chi connectivity index (χ2n) is 5.04. The molecule has 1 aromatic rings. The molecule has 0 radical (unpaired) electrons. The molecule has 1 fully saturated rings. The van der Waals surface area contributed by atoms with Gasteiger partial charge in [-0.25, -0.2) is 0 Å². The first-order valence-electron chi connectivity index (χ1n) is 6.46. The fourth-order valence-corrected chi connectivity index (χ4v) is 3.59. The van der Waals surface area contributed by atoms with E-state index in [0.29, 0.717) is 4.83 Å². The zero-order valence-corrected chi connectivity index (χ0v) is 11.7. The van der Waals surface area contributed by atoms with Gasteiger partial charge in [-0.2, -0.15) is 0 Å². The molecule has 0 spiro atoms. The van der Waals surface area contributed by atoms with E-state index in [9.17, 15) is 0 Å². The maximum absolute atomic E-state index is 3.91. The maximum Gasteiger partial charge on any atom is 0.0214 e. The van der Waals surface area contributed by atoms with E-state index in [-0.39, 0.29) is 0 Å².